The number of hydrogen-bond donors (Lipinski definition) is 1. The van der Waals surface area contributed by atoms with Crippen LogP contribution in [0.2, 0.25) is 0 Å². The van der Waals surface area contributed by atoms with Gasteiger partial charge < -0.3 is 9.47 Å². The Morgan fingerprint density at radius 2 is 2.08 bits per heavy atom. The predicted octanol–water partition coefficient (Wildman–Crippen LogP) is 4.53. The number of alkyl halides is 2. The summed E-state index contributed by atoms with van der Waals surface area (Å²) in [6.45, 7) is 1.11. The van der Waals surface area contributed by atoms with E-state index in [0.717, 1.165) is 5.69 Å². The molecule has 2 rings (SSSR count). The summed E-state index contributed by atoms with van der Waals surface area (Å²) < 4.78 is 34.0. The summed E-state index contributed by atoms with van der Waals surface area (Å²) in [5, 5.41) is 5.10. The minimum atomic E-state index is -2.94. The first kappa shape index (κ1) is 18.9. The molecule has 0 aliphatic rings. The third-order valence-corrected chi connectivity index (χ3v) is 3.95. The predicted molar refractivity (Wildman–Crippen MR) is 93.5 cm³/mol. The number of anilines is 1. The Hall–Kier alpha value is -2.48. The topological polar surface area (TPSA) is 60.5 Å². The molecule has 0 saturated carbocycles. The second-order valence-corrected chi connectivity index (χ2v) is 6.20. The number of hydrogen-bond acceptors (Lipinski definition) is 5. The van der Waals surface area contributed by atoms with E-state index in [-0.39, 0.29) is 17.4 Å². The first-order chi connectivity index (χ1) is 11.9. The van der Waals surface area contributed by atoms with Gasteiger partial charge in [0.05, 0.1) is 12.8 Å². The van der Waals surface area contributed by atoms with Crippen molar-refractivity contribution in [1.29, 1.82) is 0 Å². The molecule has 25 heavy (non-hydrogen) atoms. The number of halogens is 2. The van der Waals surface area contributed by atoms with Gasteiger partial charge in [-0.2, -0.15) is 8.78 Å². The largest absolute Gasteiger partial charge is 0.493 e. The van der Waals surface area contributed by atoms with Gasteiger partial charge in [0.2, 0.25) is 5.91 Å². The van der Waals surface area contributed by atoms with Crippen molar-refractivity contribution in [2.75, 3.05) is 12.4 Å². The van der Waals surface area contributed by atoms with Crippen LogP contribution in [0, 0.1) is 0 Å². The maximum atomic E-state index is 12.3. The van der Waals surface area contributed by atoms with Crippen LogP contribution >= 0.6 is 11.3 Å². The van der Waals surface area contributed by atoms with Crippen molar-refractivity contribution in [2.45, 2.75) is 26.4 Å². The third kappa shape index (κ3) is 5.53. The Morgan fingerprint density at radius 3 is 2.68 bits per heavy atom. The maximum absolute atomic E-state index is 12.3. The number of aromatic nitrogens is 1. The number of rotatable bonds is 7. The van der Waals surface area contributed by atoms with Crippen LogP contribution in [0.15, 0.2) is 29.7 Å². The van der Waals surface area contributed by atoms with E-state index in [9.17, 15) is 13.6 Å². The number of nitrogens with one attached hydrogen (secondary N) is 1. The number of amides is 1. The lowest BCUT2D eigenvalue weighted by Crippen LogP contribution is -2.07. The zero-order valence-corrected chi connectivity index (χ0v) is 14.8. The van der Waals surface area contributed by atoms with Crippen molar-refractivity contribution in [3.8, 4) is 11.5 Å². The molecule has 0 bridgehead atoms. The maximum Gasteiger partial charge on any atom is 0.387 e. The fraction of sp³-hybridized carbons (Fsp3) is 0.294. The summed E-state index contributed by atoms with van der Waals surface area (Å²) in [5.41, 5.74) is 1.53. The van der Waals surface area contributed by atoms with E-state index in [1.165, 1.54) is 36.7 Å². The summed E-state index contributed by atoms with van der Waals surface area (Å²) in [7, 11) is 1.35. The first-order valence-electron chi connectivity index (χ1n) is 7.46. The second-order valence-electron chi connectivity index (χ2n) is 5.34. The van der Waals surface area contributed by atoms with Gasteiger partial charge in [-0.3, -0.25) is 10.1 Å². The number of nitrogens with zero attached hydrogens (tertiary/aromatic N) is 1. The zero-order valence-electron chi connectivity index (χ0n) is 14.0. The summed E-state index contributed by atoms with van der Waals surface area (Å²) in [5.74, 6) is 0.0443. The molecular weight excluding hydrogens is 350 g/mol. The normalized spacial score (nSPS) is 11.3. The molecule has 1 heterocycles. The molecule has 0 fully saturated rings. The molecule has 0 aliphatic heterocycles. The molecule has 0 unspecified atom stereocenters. The number of methoxy groups -OCH3 is 1. The Bertz CT molecular complexity index is 760. The molecule has 134 valence electrons. The molecule has 2 aromatic rings. The van der Waals surface area contributed by atoms with E-state index in [0.29, 0.717) is 16.6 Å². The lowest BCUT2D eigenvalue weighted by atomic mass is 10.2. The van der Waals surface area contributed by atoms with E-state index < -0.39 is 6.61 Å². The van der Waals surface area contributed by atoms with Gasteiger partial charge in [-0.05, 0) is 29.7 Å². The average molecular weight is 368 g/mol. The lowest BCUT2D eigenvalue weighted by Gasteiger charge is -2.10. The van der Waals surface area contributed by atoms with Crippen LogP contribution in [0.3, 0.4) is 0 Å². The second kappa shape index (κ2) is 8.57. The molecule has 0 atom stereocenters. The monoisotopic (exact) mass is 368 g/mol. The Balaban J connectivity index is 2.03. The molecular formula is C17H18F2N2O3S. The Kier molecular flexibility index (Phi) is 6.46. The highest BCUT2D eigenvalue weighted by Gasteiger charge is 2.11. The first-order valence-corrected chi connectivity index (χ1v) is 8.34. The number of carbonyl (C=O) groups excluding carboxylic acids is 1. The van der Waals surface area contributed by atoms with Crippen LogP contribution < -0.4 is 14.8 Å². The molecule has 0 spiro atoms. The van der Waals surface area contributed by atoms with Gasteiger partial charge in [0.1, 0.15) is 0 Å². The Labute approximate surface area is 148 Å². The van der Waals surface area contributed by atoms with Crippen LogP contribution in [-0.4, -0.2) is 24.6 Å². The molecule has 8 heteroatoms. The highest BCUT2D eigenvalue weighted by Crippen LogP contribution is 2.30. The van der Waals surface area contributed by atoms with E-state index in [1.807, 2.05) is 19.2 Å². The van der Waals surface area contributed by atoms with Crippen molar-refractivity contribution >= 4 is 28.5 Å². The number of carbonyl (C=O) groups is 1. The smallest absolute Gasteiger partial charge is 0.387 e. The van der Waals surface area contributed by atoms with Crippen molar-refractivity contribution in [1.82, 2.24) is 4.98 Å². The standard InChI is InChI=1S/C17H18F2N2O3S/c1-10(2)12-9-25-17(20-12)21-15(22)7-5-11-4-6-13(24-16(18)19)14(8-11)23-3/h4-10,16H,1-3H3,(H,20,21,22)/b7-5+. The SMILES string of the molecule is COc1cc(/C=C/C(=O)Nc2nc(C(C)C)cs2)ccc1OC(F)F. The number of benzene rings is 1. The van der Waals surface area contributed by atoms with E-state index in [4.69, 9.17) is 4.74 Å². The summed E-state index contributed by atoms with van der Waals surface area (Å²) in [6, 6.07) is 4.41. The van der Waals surface area contributed by atoms with Crippen LogP contribution in [0.25, 0.3) is 6.08 Å². The van der Waals surface area contributed by atoms with Gasteiger partial charge >= 0.3 is 6.61 Å². The van der Waals surface area contributed by atoms with Gasteiger partial charge in [0.15, 0.2) is 16.6 Å². The van der Waals surface area contributed by atoms with Crippen LogP contribution in [0.1, 0.15) is 31.0 Å². The molecule has 1 N–H and O–H groups in total. The van der Waals surface area contributed by atoms with E-state index >= 15 is 0 Å². The quantitative estimate of drug-likeness (QED) is 0.730. The van der Waals surface area contributed by atoms with Crippen molar-refractivity contribution in [3.63, 3.8) is 0 Å². The lowest BCUT2D eigenvalue weighted by molar-refractivity contribution is -0.111. The van der Waals surface area contributed by atoms with Crippen LogP contribution in [-0.2, 0) is 4.79 Å². The molecule has 5 nitrogen and oxygen atoms in total. The molecule has 0 saturated heterocycles. The molecule has 1 aromatic carbocycles. The highest BCUT2D eigenvalue weighted by molar-refractivity contribution is 7.14. The molecule has 1 amide bonds. The van der Waals surface area contributed by atoms with Gasteiger partial charge in [-0.1, -0.05) is 19.9 Å². The number of thiazole rings is 1. The van der Waals surface area contributed by atoms with Crippen molar-refractivity contribution in [2.24, 2.45) is 0 Å². The fourth-order valence-electron chi connectivity index (χ4n) is 1.91. The number of ether oxygens (including phenoxy) is 2. The zero-order chi connectivity index (χ0) is 18.4. The summed E-state index contributed by atoms with van der Waals surface area (Å²) in [4.78, 5) is 16.3. The van der Waals surface area contributed by atoms with Crippen LogP contribution in [0.5, 0.6) is 11.5 Å². The van der Waals surface area contributed by atoms with E-state index in [2.05, 4.69) is 15.0 Å². The summed E-state index contributed by atoms with van der Waals surface area (Å²) in [6.07, 6.45) is 2.87. The summed E-state index contributed by atoms with van der Waals surface area (Å²) >= 11 is 1.36. The average Bonchev–Trinajstić information content (AvgIpc) is 3.02. The van der Waals surface area contributed by atoms with Gasteiger partial charge in [0.25, 0.3) is 0 Å². The van der Waals surface area contributed by atoms with Gasteiger partial charge in [0, 0.05) is 11.5 Å². The minimum Gasteiger partial charge on any atom is -0.493 e. The Morgan fingerprint density at radius 1 is 1.32 bits per heavy atom. The van der Waals surface area contributed by atoms with Gasteiger partial charge in [-0.25, -0.2) is 4.98 Å². The fourth-order valence-corrected chi connectivity index (χ4v) is 2.78. The molecule has 0 aliphatic carbocycles. The third-order valence-electron chi connectivity index (χ3n) is 3.17. The molecule has 0 radical (unpaired) electrons. The highest BCUT2D eigenvalue weighted by atomic mass is 32.1. The van der Waals surface area contributed by atoms with E-state index in [1.54, 1.807) is 12.1 Å². The van der Waals surface area contributed by atoms with Crippen molar-refractivity contribution in [3.05, 3.63) is 40.9 Å². The van der Waals surface area contributed by atoms with Crippen molar-refractivity contribution < 1.29 is 23.0 Å². The van der Waals surface area contributed by atoms with Gasteiger partial charge in [-0.15, -0.1) is 11.3 Å². The minimum absolute atomic E-state index is 0.0666. The molecule has 1 aromatic heterocycles. The van der Waals surface area contributed by atoms with Crippen LogP contribution in [0.4, 0.5) is 13.9 Å².